The number of nitrogen functional groups attached to an aromatic ring is 1. The van der Waals surface area contributed by atoms with Crippen LogP contribution in [0, 0.1) is 11.3 Å². The Bertz CT molecular complexity index is 464. The van der Waals surface area contributed by atoms with Gasteiger partial charge in [0.15, 0.2) is 5.65 Å². The third kappa shape index (κ3) is 0.720. The average Bonchev–Trinajstić information content (AvgIpc) is 2.49. The summed E-state index contributed by atoms with van der Waals surface area (Å²) in [6.45, 7) is 0. The molecule has 0 radical (unpaired) electrons. The molecule has 0 fully saturated rings. The molecule has 2 aromatic rings. The van der Waals surface area contributed by atoms with E-state index in [1.54, 1.807) is 12.3 Å². The average molecular weight is 159 g/mol. The van der Waals surface area contributed by atoms with Crippen LogP contribution in [0.25, 0.3) is 5.65 Å². The number of fused-ring (bicyclic) bond motifs is 1. The van der Waals surface area contributed by atoms with Crippen molar-refractivity contribution in [1.82, 2.24) is 14.6 Å². The van der Waals surface area contributed by atoms with Gasteiger partial charge in [-0.1, -0.05) is 0 Å². The highest BCUT2D eigenvalue weighted by molar-refractivity contribution is 5.56. The van der Waals surface area contributed by atoms with E-state index < -0.39 is 0 Å². The molecule has 0 saturated heterocycles. The second-order valence-corrected chi connectivity index (χ2v) is 2.28. The number of anilines is 1. The van der Waals surface area contributed by atoms with Crippen molar-refractivity contribution in [3.05, 3.63) is 24.0 Å². The minimum Gasteiger partial charge on any atom is -0.384 e. The van der Waals surface area contributed by atoms with Crippen molar-refractivity contribution in [3.63, 3.8) is 0 Å². The highest BCUT2D eigenvalue weighted by Gasteiger charge is 2.04. The van der Waals surface area contributed by atoms with Gasteiger partial charge in [0.1, 0.15) is 17.5 Å². The minimum atomic E-state index is 0.433. The van der Waals surface area contributed by atoms with Crippen LogP contribution in [0.5, 0.6) is 0 Å². The van der Waals surface area contributed by atoms with Gasteiger partial charge in [0.25, 0.3) is 0 Å². The topological polar surface area (TPSA) is 80.0 Å². The lowest BCUT2D eigenvalue weighted by molar-refractivity contribution is 0.952. The van der Waals surface area contributed by atoms with Gasteiger partial charge >= 0.3 is 0 Å². The van der Waals surface area contributed by atoms with Crippen LogP contribution in [0.1, 0.15) is 5.56 Å². The van der Waals surface area contributed by atoms with E-state index in [2.05, 4.69) is 10.1 Å². The number of nitrogens with two attached hydrogens (primary N) is 1. The molecule has 2 N–H and O–H groups in total. The molecule has 12 heavy (non-hydrogen) atoms. The van der Waals surface area contributed by atoms with Crippen LogP contribution >= 0.6 is 0 Å². The van der Waals surface area contributed by atoms with E-state index in [1.807, 2.05) is 6.07 Å². The molecular weight excluding hydrogens is 154 g/mol. The summed E-state index contributed by atoms with van der Waals surface area (Å²) in [6, 6.07) is 3.60. The molecule has 0 atom stereocenters. The summed E-state index contributed by atoms with van der Waals surface area (Å²) in [5, 5.41) is 12.5. The Morgan fingerprint density at radius 2 is 2.42 bits per heavy atom. The van der Waals surface area contributed by atoms with Crippen molar-refractivity contribution >= 4 is 11.5 Å². The second-order valence-electron chi connectivity index (χ2n) is 2.28. The van der Waals surface area contributed by atoms with Gasteiger partial charge < -0.3 is 5.73 Å². The summed E-state index contributed by atoms with van der Waals surface area (Å²) < 4.78 is 1.43. The molecule has 0 aliphatic carbocycles. The van der Waals surface area contributed by atoms with Crippen LogP contribution in [0.2, 0.25) is 0 Å². The zero-order valence-electron chi connectivity index (χ0n) is 6.10. The summed E-state index contributed by atoms with van der Waals surface area (Å²) in [7, 11) is 0. The van der Waals surface area contributed by atoms with Crippen LogP contribution in [0.4, 0.5) is 5.82 Å². The predicted molar refractivity (Wildman–Crippen MR) is 42.1 cm³/mol. The van der Waals surface area contributed by atoms with Crippen LogP contribution < -0.4 is 5.73 Å². The third-order valence-corrected chi connectivity index (χ3v) is 1.55. The maximum absolute atomic E-state index is 8.63. The summed E-state index contributed by atoms with van der Waals surface area (Å²) in [6.07, 6.45) is 2.99. The molecule has 5 heteroatoms. The third-order valence-electron chi connectivity index (χ3n) is 1.55. The fourth-order valence-corrected chi connectivity index (χ4v) is 0.989. The van der Waals surface area contributed by atoms with E-state index in [0.29, 0.717) is 17.0 Å². The molecule has 0 unspecified atom stereocenters. The van der Waals surface area contributed by atoms with E-state index in [1.165, 1.54) is 10.7 Å². The van der Waals surface area contributed by atoms with Crippen molar-refractivity contribution in [2.45, 2.75) is 0 Å². The van der Waals surface area contributed by atoms with Crippen molar-refractivity contribution in [3.8, 4) is 6.07 Å². The Labute approximate surface area is 68.1 Å². The van der Waals surface area contributed by atoms with Crippen molar-refractivity contribution in [2.75, 3.05) is 5.73 Å². The fourth-order valence-electron chi connectivity index (χ4n) is 0.989. The lowest BCUT2D eigenvalue weighted by atomic mass is 10.4. The Morgan fingerprint density at radius 1 is 1.58 bits per heavy atom. The molecule has 0 bridgehead atoms. The molecule has 0 aliphatic heterocycles. The van der Waals surface area contributed by atoms with Crippen molar-refractivity contribution in [1.29, 1.82) is 5.26 Å². The Hall–Kier alpha value is -2.09. The smallest absolute Gasteiger partial charge is 0.175 e. The molecule has 0 amide bonds. The van der Waals surface area contributed by atoms with E-state index in [-0.39, 0.29) is 0 Å². The van der Waals surface area contributed by atoms with E-state index >= 15 is 0 Å². The number of nitriles is 1. The molecule has 0 aliphatic rings. The molecule has 0 saturated carbocycles. The maximum Gasteiger partial charge on any atom is 0.175 e. The molecule has 2 rings (SSSR count). The highest BCUT2D eigenvalue weighted by atomic mass is 15.3. The maximum atomic E-state index is 8.63. The van der Waals surface area contributed by atoms with E-state index in [9.17, 15) is 0 Å². The molecular formula is C7H5N5. The molecule has 0 aromatic carbocycles. The van der Waals surface area contributed by atoms with E-state index in [4.69, 9.17) is 11.0 Å². The molecule has 58 valence electrons. The molecule has 2 aromatic heterocycles. The summed E-state index contributed by atoms with van der Waals surface area (Å²) in [4.78, 5) is 3.97. The predicted octanol–water partition coefficient (Wildman–Crippen LogP) is 0.183. The summed E-state index contributed by atoms with van der Waals surface area (Å²) >= 11 is 0. The number of rotatable bonds is 0. The van der Waals surface area contributed by atoms with Gasteiger partial charge in [-0.3, -0.25) is 0 Å². The Balaban J connectivity index is 2.91. The van der Waals surface area contributed by atoms with Gasteiger partial charge in [0, 0.05) is 6.20 Å². The van der Waals surface area contributed by atoms with Gasteiger partial charge in [-0.15, -0.1) is 0 Å². The van der Waals surface area contributed by atoms with Crippen LogP contribution in [-0.4, -0.2) is 14.6 Å². The number of hydrogen-bond acceptors (Lipinski definition) is 4. The Kier molecular flexibility index (Phi) is 1.21. The first-order chi connectivity index (χ1) is 5.83. The standard InChI is InChI=1S/C7H5N5/c8-3-5-4-11-12-6(9)1-2-10-7(5)12/h1-2,4H,9H2. The van der Waals surface area contributed by atoms with Crippen molar-refractivity contribution in [2.24, 2.45) is 0 Å². The second kappa shape index (κ2) is 2.20. The van der Waals surface area contributed by atoms with Crippen molar-refractivity contribution < 1.29 is 0 Å². The van der Waals surface area contributed by atoms with Gasteiger partial charge in [-0.05, 0) is 6.07 Å². The lowest BCUT2D eigenvalue weighted by Crippen LogP contribution is -1.98. The molecule has 0 spiro atoms. The van der Waals surface area contributed by atoms with Gasteiger partial charge in [-0.25, -0.2) is 4.98 Å². The zero-order valence-corrected chi connectivity index (χ0v) is 6.10. The minimum absolute atomic E-state index is 0.433. The first-order valence-electron chi connectivity index (χ1n) is 3.31. The Morgan fingerprint density at radius 3 is 3.17 bits per heavy atom. The number of nitrogens with zero attached hydrogens (tertiary/aromatic N) is 4. The number of hydrogen-bond donors (Lipinski definition) is 1. The van der Waals surface area contributed by atoms with E-state index in [0.717, 1.165) is 0 Å². The fraction of sp³-hybridized carbons (Fsp3) is 0. The molecule has 2 heterocycles. The normalized spacial score (nSPS) is 9.92. The van der Waals surface area contributed by atoms with Gasteiger partial charge in [0.2, 0.25) is 0 Å². The number of aromatic nitrogens is 3. The molecule has 5 nitrogen and oxygen atoms in total. The van der Waals surface area contributed by atoms with Crippen LogP contribution in [0.3, 0.4) is 0 Å². The summed E-state index contributed by atoms with van der Waals surface area (Å²) in [5.41, 5.74) is 6.51. The quantitative estimate of drug-likeness (QED) is 0.594. The first kappa shape index (κ1) is 6.61. The SMILES string of the molecule is N#Cc1cnn2c(N)ccnc12. The lowest BCUT2D eigenvalue weighted by Gasteiger charge is -1.95. The monoisotopic (exact) mass is 159 g/mol. The van der Waals surface area contributed by atoms with Crippen LogP contribution in [-0.2, 0) is 0 Å². The highest BCUT2D eigenvalue weighted by Crippen LogP contribution is 2.08. The largest absolute Gasteiger partial charge is 0.384 e. The van der Waals surface area contributed by atoms with Gasteiger partial charge in [0.05, 0.1) is 6.20 Å². The van der Waals surface area contributed by atoms with Gasteiger partial charge in [-0.2, -0.15) is 14.9 Å². The summed E-state index contributed by atoms with van der Waals surface area (Å²) in [5.74, 6) is 0.474. The zero-order chi connectivity index (χ0) is 8.55. The van der Waals surface area contributed by atoms with Crippen LogP contribution in [0.15, 0.2) is 18.5 Å². The first-order valence-corrected chi connectivity index (χ1v) is 3.31.